The molecular formula is C16H26N4O9S2. The topological polar surface area (TPSA) is 225 Å². The summed E-state index contributed by atoms with van der Waals surface area (Å²) < 4.78 is 0. The lowest BCUT2D eigenvalue weighted by molar-refractivity contribution is -0.147. The summed E-state index contributed by atoms with van der Waals surface area (Å²) in [5.41, 5.74) is 5.50. The predicted octanol–water partition coefficient (Wildman–Crippen LogP) is -2.51. The molecule has 0 aromatic carbocycles. The van der Waals surface area contributed by atoms with E-state index in [-0.39, 0.29) is 12.2 Å². The second-order valence-electron chi connectivity index (χ2n) is 6.29. The quantitative estimate of drug-likeness (QED) is 0.114. The number of rotatable bonds is 15. The van der Waals surface area contributed by atoms with Crippen molar-refractivity contribution in [2.45, 2.75) is 43.4 Å². The van der Waals surface area contributed by atoms with Gasteiger partial charge in [0.25, 0.3) is 0 Å². The van der Waals surface area contributed by atoms with Crippen molar-refractivity contribution in [1.82, 2.24) is 16.0 Å². The molecule has 3 amide bonds. The fraction of sp³-hybridized carbons (Fsp3) is 0.625. The van der Waals surface area contributed by atoms with E-state index in [4.69, 9.17) is 21.1 Å². The van der Waals surface area contributed by atoms with Gasteiger partial charge >= 0.3 is 17.9 Å². The molecule has 0 saturated heterocycles. The Kier molecular flexibility index (Phi) is 13.3. The minimum atomic E-state index is -1.73. The molecule has 0 aliphatic carbocycles. The molecule has 31 heavy (non-hydrogen) atoms. The number of aliphatic carboxylic acids is 3. The number of nitrogens with one attached hydrogen (secondary N) is 3. The molecule has 0 radical (unpaired) electrons. The third-order valence-corrected chi connectivity index (χ3v) is 4.82. The highest BCUT2D eigenvalue weighted by Gasteiger charge is 2.31. The van der Waals surface area contributed by atoms with Crippen LogP contribution in [0.3, 0.4) is 0 Å². The molecule has 0 rings (SSSR count). The van der Waals surface area contributed by atoms with Crippen molar-refractivity contribution in [3.05, 3.63) is 0 Å². The Morgan fingerprint density at radius 1 is 0.839 bits per heavy atom. The number of hydrogen-bond acceptors (Lipinski definition) is 9. The van der Waals surface area contributed by atoms with Gasteiger partial charge in [0.2, 0.25) is 17.7 Å². The van der Waals surface area contributed by atoms with Crippen molar-refractivity contribution in [3.63, 3.8) is 0 Å². The smallest absolute Gasteiger partial charge is 0.326 e. The van der Waals surface area contributed by atoms with E-state index in [9.17, 15) is 28.8 Å². The third-order valence-electron chi connectivity index (χ3n) is 3.78. The van der Waals surface area contributed by atoms with E-state index in [0.717, 1.165) is 0 Å². The van der Waals surface area contributed by atoms with E-state index in [2.05, 4.69) is 23.3 Å². The summed E-state index contributed by atoms with van der Waals surface area (Å²) in [5, 5.41) is 33.3. The Bertz CT molecular complexity index is 692. The largest absolute Gasteiger partial charge is 0.481 e. The van der Waals surface area contributed by atoms with E-state index in [1.54, 1.807) is 6.26 Å². The Morgan fingerprint density at radius 2 is 1.29 bits per heavy atom. The maximum Gasteiger partial charge on any atom is 0.326 e. The highest BCUT2D eigenvalue weighted by atomic mass is 32.2. The molecule has 0 spiro atoms. The number of carboxylic acid groups (broad SMARTS) is 3. The molecule has 176 valence electrons. The Morgan fingerprint density at radius 3 is 1.74 bits per heavy atom. The van der Waals surface area contributed by atoms with Crippen LogP contribution < -0.4 is 21.7 Å². The summed E-state index contributed by atoms with van der Waals surface area (Å²) in [6, 6.07) is -5.70. The highest BCUT2D eigenvalue weighted by molar-refractivity contribution is 7.98. The summed E-state index contributed by atoms with van der Waals surface area (Å²) in [4.78, 5) is 70.0. The van der Waals surface area contributed by atoms with Crippen LogP contribution in [0, 0.1) is 0 Å². The first kappa shape index (κ1) is 28.5. The zero-order chi connectivity index (χ0) is 24.1. The normalized spacial score (nSPS) is 14.4. The third kappa shape index (κ3) is 11.4. The van der Waals surface area contributed by atoms with Gasteiger partial charge in [0.05, 0.1) is 18.9 Å². The standard InChI is InChI=1S/C16H26N4O9S2/c1-31-3-2-8(14(26)20-10(16(28)29)5-12(23)24)18-15(27)9(4-11(21)22)19-13(25)7(17)6-30/h7-10,30H,2-6,17H2,1H3,(H,18,27)(H,19,25)(H,20,26)(H,21,22)(H,23,24)(H,28,29). The van der Waals surface area contributed by atoms with Gasteiger partial charge in [0.15, 0.2) is 0 Å². The fourth-order valence-electron chi connectivity index (χ4n) is 2.17. The molecule has 0 heterocycles. The zero-order valence-electron chi connectivity index (χ0n) is 16.6. The van der Waals surface area contributed by atoms with E-state index in [1.165, 1.54) is 11.8 Å². The second kappa shape index (κ2) is 14.5. The van der Waals surface area contributed by atoms with E-state index in [0.29, 0.717) is 5.75 Å². The molecule has 4 unspecified atom stereocenters. The summed E-state index contributed by atoms with van der Waals surface area (Å²) in [6.45, 7) is 0. The van der Waals surface area contributed by atoms with Gasteiger partial charge < -0.3 is 37.0 Å². The molecule has 0 aliphatic rings. The Hall–Kier alpha value is -2.52. The van der Waals surface area contributed by atoms with Gasteiger partial charge in [0.1, 0.15) is 18.1 Å². The number of hydrogen-bond donors (Lipinski definition) is 8. The maximum absolute atomic E-state index is 12.6. The molecule has 4 atom stereocenters. The van der Waals surface area contributed by atoms with Gasteiger partial charge in [-0.15, -0.1) is 0 Å². The number of nitrogens with two attached hydrogens (primary N) is 1. The van der Waals surface area contributed by atoms with Gasteiger partial charge in [-0.05, 0) is 18.4 Å². The average Bonchev–Trinajstić information content (AvgIpc) is 2.68. The van der Waals surface area contributed by atoms with Crippen LogP contribution >= 0.6 is 24.4 Å². The molecule has 8 N–H and O–H groups in total. The lowest BCUT2D eigenvalue weighted by atomic mass is 10.1. The van der Waals surface area contributed by atoms with Crippen molar-refractivity contribution in [3.8, 4) is 0 Å². The number of thioether (sulfide) groups is 1. The van der Waals surface area contributed by atoms with Crippen molar-refractivity contribution in [2.75, 3.05) is 17.8 Å². The molecule has 0 aromatic rings. The predicted molar refractivity (Wildman–Crippen MR) is 113 cm³/mol. The van der Waals surface area contributed by atoms with E-state index >= 15 is 0 Å². The van der Waals surface area contributed by atoms with Crippen molar-refractivity contribution >= 4 is 60.0 Å². The van der Waals surface area contributed by atoms with Crippen LogP contribution in [0.4, 0.5) is 0 Å². The summed E-state index contributed by atoms with van der Waals surface area (Å²) in [6.07, 6.45) is 0.0592. The molecule has 0 aromatic heterocycles. The minimum Gasteiger partial charge on any atom is -0.481 e. The number of carbonyl (C=O) groups excluding carboxylic acids is 3. The van der Waals surface area contributed by atoms with Gasteiger partial charge in [-0.3, -0.25) is 24.0 Å². The number of amides is 3. The van der Waals surface area contributed by atoms with Crippen LogP contribution in [0.2, 0.25) is 0 Å². The fourth-order valence-corrected chi connectivity index (χ4v) is 2.81. The molecular weight excluding hydrogens is 456 g/mol. The average molecular weight is 483 g/mol. The second-order valence-corrected chi connectivity index (χ2v) is 7.64. The lowest BCUT2D eigenvalue weighted by Gasteiger charge is -2.24. The Balaban J connectivity index is 5.45. The molecule has 13 nitrogen and oxygen atoms in total. The summed E-state index contributed by atoms with van der Waals surface area (Å²) in [5.74, 6) is -6.95. The van der Waals surface area contributed by atoms with Crippen LogP contribution in [0.25, 0.3) is 0 Å². The van der Waals surface area contributed by atoms with Crippen LogP contribution in [0.5, 0.6) is 0 Å². The van der Waals surface area contributed by atoms with Crippen molar-refractivity contribution < 1.29 is 44.1 Å². The monoisotopic (exact) mass is 482 g/mol. The van der Waals surface area contributed by atoms with Gasteiger partial charge in [-0.2, -0.15) is 24.4 Å². The van der Waals surface area contributed by atoms with Gasteiger partial charge in [-0.1, -0.05) is 0 Å². The SMILES string of the molecule is CSCCC(NC(=O)C(CC(=O)O)NC(=O)C(N)CS)C(=O)NC(CC(=O)O)C(=O)O. The first-order valence-corrected chi connectivity index (χ1v) is 10.9. The van der Waals surface area contributed by atoms with Crippen LogP contribution in [0.1, 0.15) is 19.3 Å². The van der Waals surface area contributed by atoms with Crippen LogP contribution in [-0.2, 0) is 28.8 Å². The van der Waals surface area contributed by atoms with Gasteiger partial charge in [0, 0.05) is 5.75 Å². The lowest BCUT2D eigenvalue weighted by Crippen LogP contribution is -2.57. The molecule has 15 heteroatoms. The summed E-state index contributed by atoms with van der Waals surface area (Å²) >= 11 is 5.16. The molecule has 0 fully saturated rings. The van der Waals surface area contributed by atoms with Crippen LogP contribution in [-0.4, -0.2) is 92.9 Å². The van der Waals surface area contributed by atoms with Crippen LogP contribution in [0.15, 0.2) is 0 Å². The first-order valence-electron chi connectivity index (χ1n) is 8.85. The number of thiol groups is 1. The molecule has 0 bridgehead atoms. The van der Waals surface area contributed by atoms with E-state index in [1.807, 2.05) is 5.32 Å². The minimum absolute atomic E-state index is 0.0298. The molecule has 0 saturated carbocycles. The highest BCUT2D eigenvalue weighted by Crippen LogP contribution is 2.05. The first-order chi connectivity index (χ1) is 14.4. The van der Waals surface area contributed by atoms with Gasteiger partial charge in [-0.25, -0.2) is 4.79 Å². The maximum atomic E-state index is 12.6. The van der Waals surface area contributed by atoms with Crippen molar-refractivity contribution in [1.29, 1.82) is 0 Å². The molecule has 0 aliphatic heterocycles. The zero-order valence-corrected chi connectivity index (χ0v) is 18.3. The number of carboxylic acids is 3. The Labute approximate surface area is 187 Å². The number of carbonyl (C=O) groups is 6. The van der Waals surface area contributed by atoms with Crippen molar-refractivity contribution in [2.24, 2.45) is 5.73 Å². The van der Waals surface area contributed by atoms with E-state index < -0.39 is 72.6 Å². The summed E-state index contributed by atoms with van der Waals surface area (Å²) in [7, 11) is 0.